The molecule has 0 fully saturated rings. The van der Waals surface area contributed by atoms with E-state index < -0.39 is 12.0 Å². The highest BCUT2D eigenvalue weighted by atomic mass is 16.4. The molecule has 0 spiro atoms. The van der Waals surface area contributed by atoms with Gasteiger partial charge in [0.2, 0.25) is 0 Å². The van der Waals surface area contributed by atoms with E-state index >= 15 is 0 Å². The van der Waals surface area contributed by atoms with E-state index in [0.29, 0.717) is 11.4 Å². The summed E-state index contributed by atoms with van der Waals surface area (Å²) in [5.74, 6) is -1.09. The fourth-order valence-corrected chi connectivity index (χ4v) is 1.82. The summed E-state index contributed by atoms with van der Waals surface area (Å²) >= 11 is 0. The second kappa shape index (κ2) is 5.48. The minimum absolute atomic E-state index is 0.0593. The average molecular weight is 273 g/mol. The van der Waals surface area contributed by atoms with Crippen molar-refractivity contribution in [1.29, 1.82) is 0 Å². The molecule has 0 radical (unpaired) electrons. The summed E-state index contributed by atoms with van der Waals surface area (Å²) in [6.07, 6.45) is 1.45. The summed E-state index contributed by atoms with van der Waals surface area (Å²) in [6, 6.07) is 6.80. The van der Waals surface area contributed by atoms with Crippen molar-refractivity contribution in [2.24, 2.45) is 0 Å². The molecule has 0 saturated heterocycles. The van der Waals surface area contributed by atoms with Gasteiger partial charge in [-0.15, -0.1) is 0 Å². The molecule has 0 unspecified atom stereocenters. The number of carbonyl (C=O) groups is 2. The Balaban J connectivity index is 2.09. The number of aromatic carboxylic acids is 1. The Hall–Kier alpha value is -2.76. The van der Waals surface area contributed by atoms with E-state index in [1.54, 1.807) is 19.1 Å². The van der Waals surface area contributed by atoms with Crippen molar-refractivity contribution in [3.05, 3.63) is 47.3 Å². The molecule has 0 aliphatic rings. The van der Waals surface area contributed by atoms with Gasteiger partial charge in [-0.25, -0.2) is 9.59 Å². The third-order valence-corrected chi connectivity index (χ3v) is 2.85. The van der Waals surface area contributed by atoms with Gasteiger partial charge >= 0.3 is 12.0 Å². The minimum Gasteiger partial charge on any atom is -0.478 e. The number of carboxylic acids is 1. The molecule has 0 bridgehead atoms. The van der Waals surface area contributed by atoms with Crippen molar-refractivity contribution >= 4 is 23.4 Å². The van der Waals surface area contributed by atoms with Crippen LogP contribution in [0.1, 0.15) is 21.6 Å². The van der Waals surface area contributed by atoms with Gasteiger partial charge in [0.25, 0.3) is 0 Å². The summed E-state index contributed by atoms with van der Waals surface area (Å²) in [5, 5.41) is 14.2. The Labute approximate surface area is 115 Å². The van der Waals surface area contributed by atoms with Crippen LogP contribution >= 0.6 is 0 Å². The van der Waals surface area contributed by atoms with Gasteiger partial charge in [0, 0.05) is 17.6 Å². The number of anilines is 2. The summed E-state index contributed by atoms with van der Waals surface area (Å²) in [4.78, 5) is 25.7. The van der Waals surface area contributed by atoms with Gasteiger partial charge in [0.05, 0.1) is 5.69 Å². The lowest BCUT2D eigenvalue weighted by Crippen LogP contribution is -2.20. The molecule has 2 aromatic rings. The summed E-state index contributed by atoms with van der Waals surface area (Å²) < 4.78 is 0. The Morgan fingerprint density at radius 1 is 1.10 bits per heavy atom. The van der Waals surface area contributed by atoms with Gasteiger partial charge in [-0.1, -0.05) is 17.7 Å². The monoisotopic (exact) mass is 273 g/mol. The van der Waals surface area contributed by atoms with Gasteiger partial charge < -0.3 is 20.7 Å². The van der Waals surface area contributed by atoms with Gasteiger partial charge in [-0.2, -0.15) is 0 Å². The fourth-order valence-electron chi connectivity index (χ4n) is 1.82. The standard InChI is InChI=1S/C14H15N3O3/c1-8-3-5-10(6-4-8)16-14(20)17-11-7-15-9(2)12(11)13(18)19/h3-7,15H,1-2H3,(H,18,19)(H2,16,17,20). The molecule has 1 aromatic heterocycles. The first-order valence-corrected chi connectivity index (χ1v) is 6.03. The quantitative estimate of drug-likeness (QED) is 0.692. The molecule has 6 nitrogen and oxygen atoms in total. The molecule has 0 aliphatic heterocycles. The van der Waals surface area contributed by atoms with Crippen LogP contribution in [-0.4, -0.2) is 22.1 Å². The zero-order valence-electron chi connectivity index (χ0n) is 11.2. The predicted molar refractivity (Wildman–Crippen MR) is 76.3 cm³/mol. The number of carbonyl (C=O) groups excluding carboxylic acids is 1. The van der Waals surface area contributed by atoms with E-state index in [-0.39, 0.29) is 11.3 Å². The van der Waals surface area contributed by atoms with Crippen LogP contribution in [0.2, 0.25) is 0 Å². The number of hydrogen-bond donors (Lipinski definition) is 4. The topological polar surface area (TPSA) is 94.2 Å². The zero-order chi connectivity index (χ0) is 14.7. The van der Waals surface area contributed by atoms with Gasteiger partial charge in [-0.3, -0.25) is 0 Å². The van der Waals surface area contributed by atoms with Crippen LogP contribution in [0, 0.1) is 13.8 Å². The van der Waals surface area contributed by atoms with Crippen LogP contribution in [0.25, 0.3) is 0 Å². The zero-order valence-corrected chi connectivity index (χ0v) is 11.2. The fraction of sp³-hybridized carbons (Fsp3) is 0.143. The van der Waals surface area contributed by atoms with Crippen molar-refractivity contribution in [3.63, 3.8) is 0 Å². The maximum atomic E-state index is 11.8. The number of benzene rings is 1. The van der Waals surface area contributed by atoms with Crippen LogP contribution in [0.15, 0.2) is 30.5 Å². The van der Waals surface area contributed by atoms with E-state index in [2.05, 4.69) is 15.6 Å². The van der Waals surface area contributed by atoms with Crippen LogP contribution in [0.4, 0.5) is 16.2 Å². The molecule has 2 amide bonds. The van der Waals surface area contributed by atoms with E-state index in [1.807, 2.05) is 19.1 Å². The Morgan fingerprint density at radius 3 is 2.35 bits per heavy atom. The number of hydrogen-bond acceptors (Lipinski definition) is 2. The molecule has 6 heteroatoms. The lowest BCUT2D eigenvalue weighted by Gasteiger charge is -2.07. The maximum Gasteiger partial charge on any atom is 0.339 e. The lowest BCUT2D eigenvalue weighted by atomic mass is 10.2. The Morgan fingerprint density at radius 2 is 1.75 bits per heavy atom. The highest BCUT2D eigenvalue weighted by molar-refractivity contribution is 6.05. The lowest BCUT2D eigenvalue weighted by molar-refractivity contribution is 0.0697. The van der Waals surface area contributed by atoms with Gasteiger partial charge in [0.1, 0.15) is 5.56 Å². The molecule has 20 heavy (non-hydrogen) atoms. The molecule has 104 valence electrons. The van der Waals surface area contributed by atoms with Crippen LogP contribution in [0.5, 0.6) is 0 Å². The Bertz CT molecular complexity index is 644. The van der Waals surface area contributed by atoms with Crippen molar-refractivity contribution in [1.82, 2.24) is 4.98 Å². The summed E-state index contributed by atoms with van der Waals surface area (Å²) in [7, 11) is 0. The number of rotatable bonds is 3. The smallest absolute Gasteiger partial charge is 0.339 e. The van der Waals surface area contributed by atoms with Crippen molar-refractivity contribution < 1.29 is 14.7 Å². The maximum absolute atomic E-state index is 11.8. The molecular formula is C14H15N3O3. The number of urea groups is 1. The number of nitrogens with one attached hydrogen (secondary N) is 3. The van der Waals surface area contributed by atoms with Crippen LogP contribution in [-0.2, 0) is 0 Å². The first-order chi connectivity index (χ1) is 9.47. The number of aryl methyl sites for hydroxylation is 2. The van der Waals surface area contributed by atoms with Gasteiger partial charge in [-0.05, 0) is 26.0 Å². The Kier molecular flexibility index (Phi) is 3.74. The number of carboxylic acid groups (broad SMARTS) is 1. The highest BCUT2D eigenvalue weighted by Crippen LogP contribution is 2.19. The molecule has 1 heterocycles. The summed E-state index contributed by atoms with van der Waals surface area (Å²) in [5.41, 5.74) is 2.51. The molecule has 0 saturated carbocycles. The van der Waals surface area contributed by atoms with Crippen molar-refractivity contribution in [2.75, 3.05) is 10.6 Å². The van der Waals surface area contributed by atoms with Crippen molar-refractivity contribution in [3.8, 4) is 0 Å². The summed E-state index contributed by atoms with van der Waals surface area (Å²) in [6.45, 7) is 3.58. The number of aromatic amines is 1. The first-order valence-electron chi connectivity index (χ1n) is 6.03. The van der Waals surface area contributed by atoms with E-state index in [4.69, 9.17) is 5.11 Å². The SMILES string of the molecule is Cc1ccc(NC(=O)Nc2c[nH]c(C)c2C(=O)O)cc1. The molecule has 1 aromatic carbocycles. The normalized spacial score (nSPS) is 10.1. The molecular weight excluding hydrogens is 258 g/mol. The molecule has 0 aliphatic carbocycles. The molecule has 2 rings (SSSR count). The van der Waals surface area contributed by atoms with Crippen molar-refractivity contribution in [2.45, 2.75) is 13.8 Å². The van der Waals surface area contributed by atoms with E-state index in [9.17, 15) is 9.59 Å². The first kappa shape index (κ1) is 13.7. The molecule has 0 atom stereocenters. The molecule has 4 N–H and O–H groups in total. The van der Waals surface area contributed by atoms with Crippen LogP contribution < -0.4 is 10.6 Å². The largest absolute Gasteiger partial charge is 0.478 e. The third-order valence-electron chi connectivity index (χ3n) is 2.85. The number of aromatic nitrogens is 1. The number of H-pyrrole nitrogens is 1. The number of amides is 2. The van der Waals surface area contributed by atoms with Gasteiger partial charge in [0.15, 0.2) is 0 Å². The van der Waals surface area contributed by atoms with E-state index in [0.717, 1.165) is 5.56 Å². The third kappa shape index (κ3) is 2.97. The van der Waals surface area contributed by atoms with Crippen LogP contribution in [0.3, 0.4) is 0 Å². The minimum atomic E-state index is -1.09. The van der Waals surface area contributed by atoms with E-state index in [1.165, 1.54) is 6.20 Å². The average Bonchev–Trinajstić information content (AvgIpc) is 2.73. The second-order valence-corrected chi connectivity index (χ2v) is 4.45. The predicted octanol–water partition coefficient (Wildman–Crippen LogP) is 2.97. The second-order valence-electron chi connectivity index (χ2n) is 4.45. The highest BCUT2D eigenvalue weighted by Gasteiger charge is 2.16.